The van der Waals surface area contributed by atoms with Crippen LogP contribution in [0.5, 0.6) is 0 Å². The molecule has 0 saturated carbocycles. The number of pyridine rings is 2. The fourth-order valence-corrected chi connectivity index (χ4v) is 4.46. The van der Waals surface area contributed by atoms with Crippen molar-refractivity contribution in [3.63, 3.8) is 0 Å². The van der Waals surface area contributed by atoms with E-state index in [1.165, 1.54) is 12.5 Å². The summed E-state index contributed by atoms with van der Waals surface area (Å²) in [6.07, 6.45) is 4.38. The second-order valence-electron chi connectivity index (χ2n) is 8.07. The first-order chi connectivity index (χ1) is 16.8. The Morgan fingerprint density at radius 3 is 2.29 bits per heavy atom. The van der Waals surface area contributed by atoms with Crippen LogP contribution >= 0.6 is 0 Å². The van der Waals surface area contributed by atoms with Crippen LogP contribution in [0.3, 0.4) is 0 Å². The van der Waals surface area contributed by atoms with Crippen LogP contribution in [0.25, 0.3) is 33.3 Å². The Morgan fingerprint density at radius 2 is 1.51 bits per heavy atom. The minimum Gasteiger partial charge on any atom is -0.355 e. The van der Waals surface area contributed by atoms with Gasteiger partial charge in [0.15, 0.2) is 9.84 Å². The van der Waals surface area contributed by atoms with Gasteiger partial charge in [0.25, 0.3) is 0 Å². The van der Waals surface area contributed by atoms with Gasteiger partial charge in [0.2, 0.25) is 0 Å². The third-order valence-corrected chi connectivity index (χ3v) is 6.73. The molecule has 35 heavy (non-hydrogen) atoms. The van der Waals surface area contributed by atoms with E-state index in [0.717, 1.165) is 45.9 Å². The van der Waals surface area contributed by atoms with Crippen LogP contribution in [0.15, 0.2) is 96.2 Å². The van der Waals surface area contributed by atoms with E-state index >= 15 is 0 Å². The quantitative estimate of drug-likeness (QED) is 0.311. The average molecular weight is 488 g/mol. The molecule has 0 bridgehead atoms. The van der Waals surface area contributed by atoms with Gasteiger partial charge in [0, 0.05) is 41.0 Å². The summed E-state index contributed by atoms with van der Waals surface area (Å²) in [5, 5.41) is 4.16. The van der Waals surface area contributed by atoms with Crippen LogP contribution in [-0.4, -0.2) is 24.6 Å². The molecule has 0 spiro atoms. The van der Waals surface area contributed by atoms with Gasteiger partial charge < -0.3 is 5.32 Å². The molecule has 3 aromatic carbocycles. The highest BCUT2D eigenvalue weighted by Crippen LogP contribution is 2.31. The number of rotatable bonds is 5. The topological polar surface area (TPSA) is 72.0 Å². The minimum atomic E-state index is -3.28. The van der Waals surface area contributed by atoms with Crippen LogP contribution in [-0.2, 0) is 9.84 Å². The van der Waals surface area contributed by atoms with Gasteiger partial charge in [-0.2, -0.15) is 0 Å². The standard InChI is InChI=1S/C27H19F2N3O2S/c1-35(33,34)21-6-2-17(3-7-21)18-4-9-25-23(14-18)26(11-13-30-25)32-20-10-12-31-27(16-20)22-15-19(28)5-8-24(22)29/h2-16H,1H3,(H,30,31,32). The Balaban J connectivity index is 1.51. The van der Waals surface area contributed by atoms with Crippen LogP contribution in [0.4, 0.5) is 20.2 Å². The lowest BCUT2D eigenvalue weighted by molar-refractivity contribution is 0.602. The van der Waals surface area contributed by atoms with E-state index in [9.17, 15) is 17.2 Å². The van der Waals surface area contributed by atoms with Crippen LogP contribution < -0.4 is 5.32 Å². The van der Waals surface area contributed by atoms with Gasteiger partial charge in [-0.3, -0.25) is 9.97 Å². The maximum absolute atomic E-state index is 14.2. The molecule has 0 amide bonds. The molecule has 2 heterocycles. The number of halogens is 2. The van der Waals surface area contributed by atoms with Crippen molar-refractivity contribution >= 4 is 32.1 Å². The highest BCUT2D eigenvalue weighted by atomic mass is 32.2. The Hall–Kier alpha value is -4.17. The molecule has 8 heteroatoms. The van der Waals surface area contributed by atoms with Crippen molar-refractivity contribution in [1.29, 1.82) is 0 Å². The van der Waals surface area contributed by atoms with Gasteiger partial charge in [-0.05, 0) is 71.8 Å². The van der Waals surface area contributed by atoms with Gasteiger partial charge in [-0.25, -0.2) is 17.2 Å². The largest absolute Gasteiger partial charge is 0.355 e. The summed E-state index contributed by atoms with van der Waals surface area (Å²) in [6, 6.07) is 20.9. The molecule has 5 rings (SSSR count). The molecule has 0 radical (unpaired) electrons. The summed E-state index contributed by atoms with van der Waals surface area (Å²) in [5.74, 6) is -1.10. The number of aromatic nitrogens is 2. The maximum Gasteiger partial charge on any atom is 0.175 e. The first kappa shape index (κ1) is 22.6. The van der Waals surface area contributed by atoms with E-state index in [2.05, 4.69) is 15.3 Å². The van der Waals surface area contributed by atoms with Crippen molar-refractivity contribution in [2.45, 2.75) is 4.90 Å². The van der Waals surface area contributed by atoms with Gasteiger partial charge in [0.1, 0.15) is 11.6 Å². The fraction of sp³-hybridized carbons (Fsp3) is 0.0370. The molecule has 0 saturated heterocycles. The molecule has 0 aliphatic rings. The van der Waals surface area contributed by atoms with E-state index in [1.807, 2.05) is 24.3 Å². The number of hydrogen-bond donors (Lipinski definition) is 1. The Bertz CT molecular complexity index is 1670. The lowest BCUT2D eigenvalue weighted by atomic mass is 10.0. The number of fused-ring (bicyclic) bond motifs is 1. The zero-order chi connectivity index (χ0) is 24.6. The van der Waals surface area contributed by atoms with Crippen LogP contribution in [0.1, 0.15) is 0 Å². The summed E-state index contributed by atoms with van der Waals surface area (Å²) in [4.78, 5) is 8.88. The number of nitrogens with one attached hydrogen (secondary N) is 1. The predicted molar refractivity (Wildman–Crippen MR) is 133 cm³/mol. The molecule has 0 unspecified atom stereocenters. The molecular weight excluding hydrogens is 468 g/mol. The minimum absolute atomic E-state index is 0.0769. The van der Waals surface area contributed by atoms with E-state index < -0.39 is 21.5 Å². The number of hydrogen-bond acceptors (Lipinski definition) is 5. The van der Waals surface area contributed by atoms with Crippen molar-refractivity contribution in [1.82, 2.24) is 9.97 Å². The third-order valence-electron chi connectivity index (χ3n) is 5.60. The predicted octanol–water partition coefficient (Wildman–Crippen LogP) is 6.39. The Labute approximate surface area is 201 Å². The smallest absolute Gasteiger partial charge is 0.175 e. The molecule has 2 aromatic heterocycles. The van der Waals surface area contributed by atoms with Crippen molar-refractivity contribution in [3.05, 3.63) is 103 Å². The Morgan fingerprint density at radius 1 is 0.771 bits per heavy atom. The SMILES string of the molecule is CS(=O)(=O)c1ccc(-c2ccc3nccc(Nc4ccnc(-c5cc(F)ccc5F)c4)c3c2)cc1. The second-order valence-corrected chi connectivity index (χ2v) is 10.1. The first-order valence-corrected chi connectivity index (χ1v) is 12.5. The van der Waals surface area contributed by atoms with E-state index in [4.69, 9.17) is 0 Å². The highest BCUT2D eigenvalue weighted by molar-refractivity contribution is 7.90. The maximum atomic E-state index is 14.2. The lowest BCUT2D eigenvalue weighted by Gasteiger charge is -2.12. The van der Waals surface area contributed by atoms with Gasteiger partial charge >= 0.3 is 0 Å². The number of sulfone groups is 1. The van der Waals surface area contributed by atoms with Crippen LogP contribution in [0.2, 0.25) is 0 Å². The van der Waals surface area contributed by atoms with Crippen molar-refractivity contribution in [3.8, 4) is 22.4 Å². The molecule has 0 fully saturated rings. The fourth-order valence-electron chi connectivity index (χ4n) is 3.83. The molecule has 0 atom stereocenters. The molecule has 0 aliphatic heterocycles. The first-order valence-electron chi connectivity index (χ1n) is 10.7. The summed E-state index contributed by atoms with van der Waals surface area (Å²) in [6.45, 7) is 0. The Kier molecular flexibility index (Phi) is 5.74. The molecule has 5 nitrogen and oxygen atoms in total. The summed E-state index contributed by atoms with van der Waals surface area (Å²) in [5.41, 5.74) is 4.31. The monoisotopic (exact) mass is 487 g/mol. The van der Waals surface area contributed by atoms with E-state index in [1.54, 1.807) is 42.6 Å². The summed E-state index contributed by atoms with van der Waals surface area (Å²) < 4.78 is 51.4. The number of nitrogens with zero attached hydrogens (tertiary/aromatic N) is 2. The van der Waals surface area contributed by atoms with Gasteiger partial charge in [0.05, 0.1) is 16.1 Å². The highest BCUT2D eigenvalue weighted by Gasteiger charge is 2.11. The third kappa shape index (κ3) is 4.74. The molecule has 5 aromatic rings. The number of anilines is 2. The van der Waals surface area contributed by atoms with E-state index in [0.29, 0.717) is 11.4 Å². The lowest BCUT2D eigenvalue weighted by Crippen LogP contribution is -1.96. The normalized spacial score (nSPS) is 11.5. The zero-order valence-electron chi connectivity index (χ0n) is 18.5. The van der Waals surface area contributed by atoms with Crippen LogP contribution in [0, 0.1) is 11.6 Å². The number of benzene rings is 3. The molecule has 174 valence electrons. The summed E-state index contributed by atoms with van der Waals surface area (Å²) in [7, 11) is -3.28. The van der Waals surface area contributed by atoms with Crippen molar-refractivity contribution in [2.24, 2.45) is 0 Å². The van der Waals surface area contributed by atoms with Gasteiger partial charge in [-0.15, -0.1) is 0 Å². The summed E-state index contributed by atoms with van der Waals surface area (Å²) >= 11 is 0. The zero-order valence-corrected chi connectivity index (χ0v) is 19.4. The molecular formula is C27H19F2N3O2S. The molecule has 1 N–H and O–H groups in total. The van der Waals surface area contributed by atoms with Crippen molar-refractivity contribution < 1.29 is 17.2 Å². The average Bonchev–Trinajstić information content (AvgIpc) is 2.85. The van der Waals surface area contributed by atoms with E-state index in [-0.39, 0.29) is 10.5 Å². The van der Waals surface area contributed by atoms with Crippen molar-refractivity contribution in [2.75, 3.05) is 11.6 Å². The molecule has 0 aliphatic carbocycles. The van der Waals surface area contributed by atoms with Gasteiger partial charge in [-0.1, -0.05) is 18.2 Å². The second kappa shape index (κ2) is 8.88.